The van der Waals surface area contributed by atoms with Crippen LogP contribution in [0.5, 0.6) is 0 Å². The van der Waals surface area contributed by atoms with Crippen molar-refractivity contribution in [2.24, 2.45) is 4.74 Å². The summed E-state index contributed by atoms with van der Waals surface area (Å²) in [5, 5.41) is 1.22. The van der Waals surface area contributed by atoms with Crippen molar-refractivity contribution < 1.29 is 4.39 Å². The van der Waals surface area contributed by atoms with Crippen LogP contribution in [0.15, 0.2) is 95.1 Å². The van der Waals surface area contributed by atoms with E-state index in [2.05, 4.69) is 103 Å². The van der Waals surface area contributed by atoms with Crippen LogP contribution in [0.4, 0.5) is 15.8 Å². The highest BCUT2D eigenvalue weighted by molar-refractivity contribution is 7.74. The number of hydrogen-bond donors (Lipinski definition) is 0. The third-order valence-electron chi connectivity index (χ3n) is 7.38. The van der Waals surface area contributed by atoms with Gasteiger partial charge in [-0.15, -0.1) is 0 Å². The third-order valence-corrected chi connectivity index (χ3v) is 10.8. The van der Waals surface area contributed by atoms with Crippen molar-refractivity contribution in [2.75, 3.05) is 45.2 Å². The second-order valence-corrected chi connectivity index (χ2v) is 12.9. The molecule has 1 fully saturated rings. The first kappa shape index (κ1) is 24.0. The second-order valence-electron chi connectivity index (χ2n) is 10.0. The molecule has 182 valence electrons. The Bertz CT molecular complexity index is 1280. The van der Waals surface area contributed by atoms with Crippen LogP contribution in [0.1, 0.15) is 19.4 Å². The zero-order chi connectivity index (χ0) is 24.6. The number of benzene rings is 3. The number of fused-ring (bicyclic) bond motifs is 1. The molecule has 1 atom stereocenters. The minimum atomic E-state index is -2.38. The molecule has 4 nitrogen and oxygen atoms in total. The molecule has 1 unspecified atom stereocenters. The minimum Gasteiger partial charge on any atom is -0.347 e. The molecule has 3 aromatic carbocycles. The van der Waals surface area contributed by atoms with E-state index in [-0.39, 0.29) is 11.2 Å². The van der Waals surface area contributed by atoms with Gasteiger partial charge in [-0.25, -0.2) is 9.14 Å². The van der Waals surface area contributed by atoms with Crippen LogP contribution in [0.2, 0.25) is 0 Å². The van der Waals surface area contributed by atoms with E-state index in [9.17, 15) is 4.39 Å². The lowest BCUT2D eigenvalue weighted by Gasteiger charge is -2.41. The van der Waals surface area contributed by atoms with Gasteiger partial charge in [0.15, 0.2) is 0 Å². The van der Waals surface area contributed by atoms with E-state index < -0.39 is 7.21 Å². The fraction of sp³-hybridized carbons (Fsp3) is 0.310. The van der Waals surface area contributed by atoms with Crippen molar-refractivity contribution >= 4 is 23.9 Å². The summed E-state index contributed by atoms with van der Waals surface area (Å²) >= 11 is 0. The predicted molar refractivity (Wildman–Crippen MR) is 147 cm³/mol. The normalized spacial score (nSPS) is 21.1. The van der Waals surface area contributed by atoms with Gasteiger partial charge < -0.3 is 9.80 Å². The Labute approximate surface area is 208 Å². The lowest BCUT2D eigenvalue weighted by atomic mass is 9.84. The summed E-state index contributed by atoms with van der Waals surface area (Å²) in [7, 11) is 1.97. The molecule has 0 radical (unpaired) electrons. The molecule has 0 amide bonds. The first-order chi connectivity index (χ1) is 16.8. The Kier molecular flexibility index (Phi) is 6.43. The van der Waals surface area contributed by atoms with Gasteiger partial charge in [-0.3, -0.25) is 4.67 Å². The molecule has 2 aliphatic rings. The molecule has 0 aromatic heterocycles. The zero-order valence-electron chi connectivity index (χ0n) is 21.0. The molecule has 3 aromatic rings. The van der Waals surface area contributed by atoms with E-state index in [0.29, 0.717) is 0 Å². The number of rotatable bonds is 4. The Morgan fingerprint density at radius 3 is 2.11 bits per heavy atom. The SMILES string of the molecule is CN1CCN(P(/C=C2/N(C)c3ccccc3C2(C)C)(=Nc2ccc(F)cc2)c2ccccc2)CC1. The summed E-state index contributed by atoms with van der Waals surface area (Å²) in [6.07, 6.45) is 0. The van der Waals surface area contributed by atoms with Gasteiger partial charge >= 0.3 is 0 Å². The number of piperazine rings is 1. The van der Waals surface area contributed by atoms with Gasteiger partial charge in [-0.1, -0.05) is 62.4 Å². The summed E-state index contributed by atoms with van der Waals surface area (Å²) in [6, 6.07) is 26.0. The molecule has 0 saturated carbocycles. The number of likely N-dealkylation sites (N-methyl/N-ethyl adjacent to an activating group) is 2. The average molecular weight is 489 g/mol. The molecular formula is C29H34FN4P. The highest BCUT2D eigenvalue weighted by atomic mass is 31.2. The molecule has 0 N–H and O–H groups in total. The van der Waals surface area contributed by atoms with Crippen molar-refractivity contribution in [3.63, 3.8) is 0 Å². The topological polar surface area (TPSA) is 22.1 Å². The monoisotopic (exact) mass is 488 g/mol. The quantitative estimate of drug-likeness (QED) is 0.396. The van der Waals surface area contributed by atoms with Gasteiger partial charge in [0.1, 0.15) is 5.82 Å². The highest BCUT2D eigenvalue weighted by Gasteiger charge is 2.41. The van der Waals surface area contributed by atoms with Crippen LogP contribution in [0.25, 0.3) is 0 Å². The van der Waals surface area contributed by atoms with Crippen LogP contribution in [-0.2, 0) is 5.41 Å². The number of nitrogens with zero attached hydrogens (tertiary/aromatic N) is 4. The number of anilines is 1. The van der Waals surface area contributed by atoms with Crippen molar-refractivity contribution in [1.29, 1.82) is 0 Å². The zero-order valence-corrected chi connectivity index (χ0v) is 21.9. The number of para-hydroxylation sites is 1. The van der Waals surface area contributed by atoms with Gasteiger partial charge in [0.2, 0.25) is 0 Å². The molecular weight excluding hydrogens is 454 g/mol. The Hall–Kier alpha value is -2.72. The summed E-state index contributed by atoms with van der Waals surface area (Å²) in [4.78, 5) is 4.71. The largest absolute Gasteiger partial charge is 0.347 e. The summed E-state index contributed by atoms with van der Waals surface area (Å²) in [6.45, 7) is 8.48. The average Bonchev–Trinajstić information content (AvgIpc) is 3.06. The number of halogens is 1. The summed E-state index contributed by atoms with van der Waals surface area (Å²) in [5.74, 6) is 2.23. The van der Waals surface area contributed by atoms with E-state index in [1.54, 1.807) is 12.1 Å². The van der Waals surface area contributed by atoms with Gasteiger partial charge in [-0.2, -0.15) is 0 Å². The Morgan fingerprint density at radius 1 is 0.829 bits per heavy atom. The van der Waals surface area contributed by atoms with Crippen molar-refractivity contribution in [2.45, 2.75) is 19.3 Å². The van der Waals surface area contributed by atoms with Crippen molar-refractivity contribution in [3.8, 4) is 0 Å². The molecule has 0 aliphatic carbocycles. The molecule has 0 spiro atoms. The standard InChI is InChI=1S/C29H34FN4P/c1-29(2)26-12-8-9-13-27(26)33(4)28(29)22-35(25-10-6-5-7-11-25,34-20-18-32(3)19-21-34)31-24-16-14-23(30)15-17-24/h5-17,22H,18-21H2,1-4H3/b28-22+. The van der Waals surface area contributed by atoms with Crippen LogP contribution < -0.4 is 10.2 Å². The van der Waals surface area contributed by atoms with Gasteiger partial charge in [-0.05, 0) is 48.8 Å². The molecule has 0 bridgehead atoms. The van der Waals surface area contributed by atoms with Crippen molar-refractivity contribution in [1.82, 2.24) is 9.57 Å². The molecule has 5 rings (SSSR count). The van der Waals surface area contributed by atoms with Crippen LogP contribution in [0.3, 0.4) is 0 Å². The summed E-state index contributed by atoms with van der Waals surface area (Å²) in [5.41, 5.74) is 4.50. The van der Waals surface area contributed by atoms with E-state index >= 15 is 0 Å². The lowest BCUT2D eigenvalue weighted by Crippen LogP contribution is -2.44. The van der Waals surface area contributed by atoms with E-state index in [1.807, 2.05) is 0 Å². The Morgan fingerprint density at radius 2 is 1.46 bits per heavy atom. The van der Waals surface area contributed by atoms with Crippen LogP contribution in [-0.4, -0.2) is 49.8 Å². The van der Waals surface area contributed by atoms with Gasteiger partial charge in [0, 0.05) is 55.3 Å². The molecule has 2 heterocycles. The molecule has 35 heavy (non-hydrogen) atoms. The van der Waals surface area contributed by atoms with E-state index in [1.165, 1.54) is 34.4 Å². The molecule has 2 aliphatic heterocycles. The Balaban J connectivity index is 1.79. The van der Waals surface area contributed by atoms with Crippen molar-refractivity contribution in [3.05, 3.63) is 102 Å². The fourth-order valence-corrected chi connectivity index (χ4v) is 8.96. The molecule has 1 saturated heterocycles. The maximum absolute atomic E-state index is 13.8. The first-order valence-corrected chi connectivity index (χ1v) is 14.0. The fourth-order valence-electron chi connectivity index (χ4n) is 5.30. The number of hydrogen-bond acceptors (Lipinski definition) is 3. The predicted octanol–water partition coefficient (Wildman–Crippen LogP) is 6.42. The molecule has 6 heteroatoms. The summed E-state index contributed by atoms with van der Waals surface area (Å²) < 4.78 is 21.9. The highest BCUT2D eigenvalue weighted by Crippen LogP contribution is 2.60. The maximum Gasteiger partial charge on any atom is 0.123 e. The van der Waals surface area contributed by atoms with Crippen LogP contribution >= 0.6 is 7.21 Å². The van der Waals surface area contributed by atoms with E-state index in [4.69, 9.17) is 4.74 Å². The van der Waals surface area contributed by atoms with Gasteiger partial charge in [0.05, 0.1) is 12.9 Å². The second kappa shape index (κ2) is 9.39. The minimum absolute atomic E-state index is 0.156. The van der Waals surface area contributed by atoms with Gasteiger partial charge in [0.25, 0.3) is 0 Å². The maximum atomic E-state index is 13.8. The van der Waals surface area contributed by atoms with E-state index in [0.717, 1.165) is 31.9 Å². The lowest BCUT2D eigenvalue weighted by molar-refractivity contribution is 0.229. The smallest absolute Gasteiger partial charge is 0.123 e. The number of allylic oxidation sites excluding steroid dienone is 1. The third kappa shape index (κ3) is 4.38. The first-order valence-electron chi connectivity index (χ1n) is 12.2. The van der Waals surface area contributed by atoms with Crippen LogP contribution in [0, 0.1) is 5.82 Å².